The molecule has 0 fully saturated rings. The second-order valence-corrected chi connectivity index (χ2v) is 12.4. The Bertz CT molecular complexity index is 1680. The van der Waals surface area contributed by atoms with E-state index in [0.717, 1.165) is 33.4 Å². The van der Waals surface area contributed by atoms with Crippen molar-refractivity contribution in [3.8, 4) is 16.9 Å². The lowest BCUT2D eigenvalue weighted by Crippen LogP contribution is -2.34. The molecule has 0 unspecified atom stereocenters. The number of carbonyl (C=O) groups is 1. The molecule has 0 bridgehead atoms. The van der Waals surface area contributed by atoms with Crippen molar-refractivity contribution in [1.29, 1.82) is 0 Å². The second kappa shape index (κ2) is 10.0. The molecule has 1 amide bonds. The van der Waals surface area contributed by atoms with E-state index in [2.05, 4.69) is 24.3 Å². The van der Waals surface area contributed by atoms with Crippen LogP contribution in [0.15, 0.2) is 90.0 Å². The number of ether oxygens (including phenoxy) is 2. The van der Waals surface area contributed by atoms with Gasteiger partial charge in [-0.2, -0.15) is 0 Å². The van der Waals surface area contributed by atoms with Gasteiger partial charge in [-0.1, -0.05) is 72.8 Å². The molecule has 0 N–H and O–H groups in total. The molecule has 0 aromatic heterocycles. The highest BCUT2D eigenvalue weighted by Gasteiger charge is 2.38. The van der Waals surface area contributed by atoms with Gasteiger partial charge in [0.1, 0.15) is 12.4 Å². The maximum absolute atomic E-state index is 13.8. The summed E-state index contributed by atoms with van der Waals surface area (Å²) < 4.78 is 58.3. The van der Waals surface area contributed by atoms with Crippen LogP contribution in [0.3, 0.4) is 0 Å². The van der Waals surface area contributed by atoms with E-state index in [0.29, 0.717) is 17.5 Å². The molecule has 6 nitrogen and oxygen atoms in total. The van der Waals surface area contributed by atoms with Crippen molar-refractivity contribution in [2.45, 2.75) is 25.3 Å². The molecule has 7 heteroatoms. The van der Waals surface area contributed by atoms with Gasteiger partial charge in [0.2, 0.25) is 0 Å². The van der Waals surface area contributed by atoms with Gasteiger partial charge in [-0.3, -0.25) is 4.90 Å². The standard InChI is InChI=1S/C32H31NO5S/c1-21-23(12-7-13-30(21)37-2)31-24(22-15-18-39(35,36)19-16-22)14-17-33(31)32(34)38-20-29-27-10-5-3-8-25(27)26-9-4-6-11-28(26)29/h3-15,29,31H,16-20H2,1-2H3/t31-/m1/s1/i2D3. The van der Waals surface area contributed by atoms with Crippen LogP contribution in [0.5, 0.6) is 5.75 Å². The average molecular weight is 545 g/mol. The maximum atomic E-state index is 13.8. The van der Waals surface area contributed by atoms with Crippen LogP contribution in [0.2, 0.25) is 0 Å². The molecule has 200 valence electrons. The summed E-state index contributed by atoms with van der Waals surface area (Å²) in [5.74, 6) is 0.0818. The van der Waals surface area contributed by atoms with Crippen LogP contribution in [0, 0.1) is 6.92 Å². The van der Waals surface area contributed by atoms with Gasteiger partial charge < -0.3 is 9.47 Å². The van der Waals surface area contributed by atoms with Gasteiger partial charge in [-0.15, -0.1) is 0 Å². The summed E-state index contributed by atoms with van der Waals surface area (Å²) in [6.07, 6.45) is 3.50. The Balaban J connectivity index is 1.31. The molecule has 0 saturated heterocycles. The summed E-state index contributed by atoms with van der Waals surface area (Å²) >= 11 is 0. The van der Waals surface area contributed by atoms with Crippen LogP contribution in [-0.4, -0.2) is 51.1 Å². The topological polar surface area (TPSA) is 72.9 Å². The van der Waals surface area contributed by atoms with Crippen LogP contribution in [-0.2, 0) is 14.6 Å². The minimum absolute atomic E-state index is 0.0367. The third-order valence-corrected chi connectivity index (χ3v) is 9.55. The van der Waals surface area contributed by atoms with Crippen molar-refractivity contribution in [1.82, 2.24) is 4.90 Å². The van der Waals surface area contributed by atoms with E-state index in [4.69, 9.17) is 13.6 Å². The molecule has 1 aliphatic carbocycles. The first kappa shape index (κ1) is 22.0. The SMILES string of the molecule is [2H]C([2H])([2H])Oc1cccc([C@@H]2C(C3=CCS(=O)(=O)CC3)=CCN2C(=O)OCC2c3ccccc3-c3ccccc32)c1C. The fourth-order valence-electron chi connectivity index (χ4n) is 6.06. The lowest BCUT2D eigenvalue weighted by atomic mass is 9.89. The Kier molecular flexibility index (Phi) is 5.67. The van der Waals surface area contributed by atoms with E-state index in [1.165, 1.54) is 0 Å². The van der Waals surface area contributed by atoms with Gasteiger partial charge in [0.25, 0.3) is 0 Å². The van der Waals surface area contributed by atoms with Gasteiger partial charge in [-0.25, -0.2) is 13.2 Å². The van der Waals surface area contributed by atoms with Gasteiger partial charge in [-0.05, 0) is 63.9 Å². The molecule has 3 aromatic carbocycles. The molecule has 0 saturated carbocycles. The fourth-order valence-corrected chi connectivity index (χ4v) is 7.21. The number of sulfone groups is 1. The highest BCUT2D eigenvalue weighted by atomic mass is 32.2. The van der Waals surface area contributed by atoms with Crippen molar-refractivity contribution in [3.63, 3.8) is 0 Å². The summed E-state index contributed by atoms with van der Waals surface area (Å²) in [5, 5.41) is 0. The van der Waals surface area contributed by atoms with Crippen LogP contribution in [0.4, 0.5) is 4.79 Å². The van der Waals surface area contributed by atoms with Crippen LogP contribution in [0.25, 0.3) is 11.1 Å². The molecular weight excluding hydrogens is 510 g/mol. The summed E-state index contributed by atoms with van der Waals surface area (Å²) in [6, 6.07) is 20.8. The van der Waals surface area contributed by atoms with Crippen LogP contribution in [0.1, 0.15) is 44.7 Å². The molecule has 3 aromatic rings. The summed E-state index contributed by atoms with van der Waals surface area (Å²) in [6.45, 7) is 2.19. The summed E-state index contributed by atoms with van der Waals surface area (Å²) in [4.78, 5) is 15.4. The normalized spacial score (nSPS) is 21.1. The molecule has 2 heterocycles. The largest absolute Gasteiger partial charge is 0.496 e. The first-order chi connectivity index (χ1) is 20.0. The highest BCUT2D eigenvalue weighted by molar-refractivity contribution is 7.91. The Morgan fingerprint density at radius 2 is 1.67 bits per heavy atom. The van der Waals surface area contributed by atoms with E-state index in [-0.39, 0.29) is 36.3 Å². The van der Waals surface area contributed by atoms with E-state index in [1.54, 1.807) is 30.0 Å². The Morgan fingerprint density at radius 1 is 0.974 bits per heavy atom. The zero-order valence-corrected chi connectivity index (χ0v) is 22.4. The summed E-state index contributed by atoms with van der Waals surface area (Å²) in [5.41, 5.74) is 7.48. The number of fused-ring (bicyclic) bond motifs is 3. The number of nitrogens with zero attached hydrogens (tertiary/aromatic N) is 1. The molecule has 1 atom stereocenters. The number of carbonyl (C=O) groups excluding carboxylic acids is 1. The third kappa shape index (κ3) is 4.55. The van der Waals surface area contributed by atoms with Crippen molar-refractivity contribution < 1.29 is 26.8 Å². The fraction of sp³-hybridized carbons (Fsp3) is 0.281. The van der Waals surface area contributed by atoms with Crippen LogP contribution >= 0.6 is 0 Å². The quantitative estimate of drug-likeness (QED) is 0.395. The Labute approximate surface area is 233 Å². The monoisotopic (exact) mass is 544 g/mol. The first-order valence-electron chi connectivity index (χ1n) is 14.5. The Hall–Kier alpha value is -3.84. The predicted octanol–water partition coefficient (Wildman–Crippen LogP) is 5.98. The minimum atomic E-state index is -3.15. The molecule has 6 rings (SSSR count). The number of benzene rings is 3. The van der Waals surface area contributed by atoms with E-state index in [1.807, 2.05) is 36.4 Å². The van der Waals surface area contributed by atoms with Gasteiger partial charge in [0.15, 0.2) is 9.84 Å². The van der Waals surface area contributed by atoms with Gasteiger partial charge >= 0.3 is 6.09 Å². The smallest absolute Gasteiger partial charge is 0.410 e. The lowest BCUT2D eigenvalue weighted by molar-refractivity contribution is 0.0975. The van der Waals surface area contributed by atoms with Gasteiger partial charge in [0, 0.05) is 12.5 Å². The Morgan fingerprint density at radius 3 is 2.33 bits per heavy atom. The number of hydrogen-bond donors (Lipinski definition) is 0. The van der Waals surface area contributed by atoms with E-state index >= 15 is 0 Å². The van der Waals surface area contributed by atoms with Gasteiger partial charge in [0.05, 0.1) is 28.7 Å². The third-order valence-electron chi connectivity index (χ3n) is 8.05. The highest BCUT2D eigenvalue weighted by Crippen LogP contribution is 2.46. The first-order valence-corrected chi connectivity index (χ1v) is 14.8. The van der Waals surface area contributed by atoms with Crippen molar-refractivity contribution >= 4 is 15.9 Å². The predicted molar refractivity (Wildman–Crippen MR) is 152 cm³/mol. The number of rotatable bonds is 5. The van der Waals surface area contributed by atoms with Crippen molar-refractivity contribution in [3.05, 3.63) is 112 Å². The summed E-state index contributed by atoms with van der Waals surface area (Å²) in [7, 11) is -5.79. The number of amides is 1. The number of hydrogen-bond acceptors (Lipinski definition) is 5. The second-order valence-electron chi connectivity index (χ2n) is 10.2. The zero-order valence-electron chi connectivity index (χ0n) is 24.6. The van der Waals surface area contributed by atoms with E-state index < -0.39 is 29.0 Å². The average Bonchev–Trinajstić information content (AvgIpc) is 3.52. The van der Waals surface area contributed by atoms with Crippen LogP contribution < -0.4 is 4.74 Å². The lowest BCUT2D eigenvalue weighted by Gasteiger charge is -2.30. The molecule has 2 aliphatic heterocycles. The van der Waals surface area contributed by atoms with E-state index in [9.17, 15) is 13.2 Å². The maximum Gasteiger partial charge on any atom is 0.410 e. The number of methoxy groups -OCH3 is 1. The molecule has 39 heavy (non-hydrogen) atoms. The molecule has 0 radical (unpaired) electrons. The molecule has 0 spiro atoms. The molecule has 3 aliphatic rings. The molecular formula is C32H31NO5S. The zero-order chi connectivity index (χ0) is 29.6. The van der Waals surface area contributed by atoms with Crippen molar-refractivity contribution in [2.75, 3.05) is 31.7 Å². The van der Waals surface area contributed by atoms with Crippen molar-refractivity contribution in [2.24, 2.45) is 0 Å². The minimum Gasteiger partial charge on any atom is -0.496 e.